The Morgan fingerprint density at radius 1 is 1.53 bits per heavy atom. The van der Waals surface area contributed by atoms with Crippen molar-refractivity contribution >= 4 is 11.3 Å². The van der Waals surface area contributed by atoms with Gasteiger partial charge in [0, 0.05) is 30.1 Å². The number of morpholine rings is 1. The van der Waals surface area contributed by atoms with E-state index >= 15 is 0 Å². The molecule has 3 atom stereocenters. The number of nitrogens with one attached hydrogen (secondary N) is 2. The molecule has 106 valence electrons. The van der Waals surface area contributed by atoms with Crippen LogP contribution in [0.4, 0.5) is 0 Å². The van der Waals surface area contributed by atoms with Crippen LogP contribution in [0.15, 0.2) is 5.51 Å². The van der Waals surface area contributed by atoms with Crippen LogP contribution in [0, 0.1) is 12.8 Å². The third-order valence-electron chi connectivity index (χ3n) is 4.41. The fourth-order valence-electron chi connectivity index (χ4n) is 3.30. The van der Waals surface area contributed by atoms with E-state index in [0.29, 0.717) is 18.0 Å². The minimum absolute atomic E-state index is 0.538. The molecule has 2 heterocycles. The Morgan fingerprint density at radius 3 is 3.21 bits per heavy atom. The molecule has 2 fully saturated rings. The highest BCUT2D eigenvalue weighted by molar-refractivity contribution is 7.09. The zero-order valence-corrected chi connectivity index (χ0v) is 12.3. The van der Waals surface area contributed by atoms with Crippen LogP contribution in [-0.2, 0) is 11.3 Å². The third-order valence-corrected chi connectivity index (χ3v) is 5.34. The van der Waals surface area contributed by atoms with E-state index in [1.165, 1.54) is 29.8 Å². The fourth-order valence-corrected chi connectivity index (χ4v) is 4.03. The van der Waals surface area contributed by atoms with E-state index in [-0.39, 0.29) is 0 Å². The van der Waals surface area contributed by atoms with Gasteiger partial charge in [-0.1, -0.05) is 6.42 Å². The van der Waals surface area contributed by atoms with Gasteiger partial charge in [0.05, 0.1) is 24.4 Å². The van der Waals surface area contributed by atoms with Gasteiger partial charge in [-0.15, -0.1) is 11.3 Å². The van der Waals surface area contributed by atoms with Gasteiger partial charge in [-0.05, 0) is 25.7 Å². The molecule has 1 saturated carbocycles. The van der Waals surface area contributed by atoms with Crippen LogP contribution >= 0.6 is 11.3 Å². The molecule has 5 heteroatoms. The zero-order chi connectivity index (χ0) is 13.1. The molecule has 2 aliphatic rings. The molecule has 1 aliphatic heterocycles. The molecule has 0 radical (unpaired) electrons. The SMILES string of the molecule is Cc1ncsc1CNC1CCCC1C1COCCN1. The van der Waals surface area contributed by atoms with Crippen molar-refractivity contribution in [1.82, 2.24) is 15.6 Å². The van der Waals surface area contributed by atoms with E-state index < -0.39 is 0 Å². The highest BCUT2D eigenvalue weighted by atomic mass is 32.1. The first kappa shape index (κ1) is 13.5. The lowest BCUT2D eigenvalue weighted by Crippen LogP contribution is -2.50. The largest absolute Gasteiger partial charge is 0.379 e. The summed E-state index contributed by atoms with van der Waals surface area (Å²) in [6.07, 6.45) is 3.95. The summed E-state index contributed by atoms with van der Waals surface area (Å²) >= 11 is 1.76. The highest BCUT2D eigenvalue weighted by Gasteiger charge is 2.34. The van der Waals surface area contributed by atoms with Crippen LogP contribution in [0.25, 0.3) is 0 Å². The van der Waals surface area contributed by atoms with Crippen LogP contribution in [0.3, 0.4) is 0 Å². The van der Waals surface area contributed by atoms with Crippen LogP contribution in [0.1, 0.15) is 29.8 Å². The maximum Gasteiger partial charge on any atom is 0.0798 e. The first-order valence-corrected chi connectivity index (χ1v) is 8.16. The topological polar surface area (TPSA) is 46.2 Å². The summed E-state index contributed by atoms with van der Waals surface area (Å²) in [5.41, 5.74) is 3.11. The van der Waals surface area contributed by atoms with Crippen LogP contribution in [0.2, 0.25) is 0 Å². The fraction of sp³-hybridized carbons (Fsp3) is 0.786. The standard InChI is InChI=1S/C14H23N3OS/c1-10-14(19-9-17-10)7-16-12-4-2-3-11(12)13-8-18-6-5-15-13/h9,11-13,15-16H,2-8H2,1H3. The summed E-state index contributed by atoms with van der Waals surface area (Å²) in [6, 6.07) is 1.16. The van der Waals surface area contributed by atoms with Gasteiger partial charge in [0.25, 0.3) is 0 Å². The highest BCUT2D eigenvalue weighted by Crippen LogP contribution is 2.30. The lowest BCUT2D eigenvalue weighted by Gasteiger charge is -2.33. The van der Waals surface area contributed by atoms with Gasteiger partial charge in [-0.25, -0.2) is 4.98 Å². The van der Waals surface area contributed by atoms with Crippen molar-refractivity contribution in [2.24, 2.45) is 5.92 Å². The number of ether oxygens (including phenoxy) is 1. The van der Waals surface area contributed by atoms with Crippen molar-refractivity contribution in [1.29, 1.82) is 0 Å². The lowest BCUT2D eigenvalue weighted by atomic mass is 9.94. The molecule has 0 amide bonds. The van der Waals surface area contributed by atoms with Gasteiger partial charge in [-0.3, -0.25) is 0 Å². The maximum absolute atomic E-state index is 5.61. The van der Waals surface area contributed by atoms with E-state index in [1.807, 2.05) is 5.51 Å². The van der Waals surface area contributed by atoms with Gasteiger partial charge in [0.15, 0.2) is 0 Å². The summed E-state index contributed by atoms with van der Waals surface area (Å²) in [5.74, 6) is 0.716. The summed E-state index contributed by atoms with van der Waals surface area (Å²) in [5, 5.41) is 7.37. The molecule has 0 spiro atoms. The average Bonchev–Trinajstić information content (AvgIpc) is 3.06. The normalized spacial score (nSPS) is 31.7. The summed E-state index contributed by atoms with van der Waals surface area (Å²) < 4.78 is 5.61. The molecule has 1 aromatic heterocycles. The Kier molecular flexibility index (Phi) is 4.48. The van der Waals surface area contributed by atoms with Crippen molar-refractivity contribution < 1.29 is 4.74 Å². The summed E-state index contributed by atoms with van der Waals surface area (Å²) in [6.45, 7) is 5.80. The van der Waals surface area contributed by atoms with Crippen molar-refractivity contribution in [2.75, 3.05) is 19.8 Å². The molecule has 3 rings (SSSR count). The number of nitrogens with zero attached hydrogens (tertiary/aromatic N) is 1. The van der Waals surface area contributed by atoms with E-state index in [4.69, 9.17) is 4.74 Å². The molecule has 2 N–H and O–H groups in total. The Morgan fingerprint density at radius 2 is 2.47 bits per heavy atom. The Balaban J connectivity index is 1.55. The second kappa shape index (κ2) is 6.31. The first-order chi connectivity index (χ1) is 9.34. The molecular weight excluding hydrogens is 258 g/mol. The van der Waals surface area contributed by atoms with Gasteiger partial charge >= 0.3 is 0 Å². The first-order valence-electron chi connectivity index (χ1n) is 7.28. The predicted molar refractivity (Wildman–Crippen MR) is 77.4 cm³/mol. The minimum Gasteiger partial charge on any atom is -0.379 e. The van der Waals surface area contributed by atoms with Gasteiger partial charge in [-0.2, -0.15) is 0 Å². The van der Waals surface area contributed by atoms with E-state index in [9.17, 15) is 0 Å². The smallest absolute Gasteiger partial charge is 0.0798 e. The quantitative estimate of drug-likeness (QED) is 0.882. The molecule has 0 bridgehead atoms. The van der Waals surface area contributed by atoms with Gasteiger partial charge in [0.2, 0.25) is 0 Å². The Bertz CT molecular complexity index is 403. The molecule has 1 saturated heterocycles. The molecule has 1 aliphatic carbocycles. The molecule has 3 unspecified atom stereocenters. The van der Waals surface area contributed by atoms with E-state index in [0.717, 1.165) is 26.3 Å². The van der Waals surface area contributed by atoms with Crippen molar-refractivity contribution in [3.63, 3.8) is 0 Å². The van der Waals surface area contributed by atoms with Crippen LogP contribution < -0.4 is 10.6 Å². The van der Waals surface area contributed by atoms with Crippen molar-refractivity contribution in [3.8, 4) is 0 Å². The van der Waals surface area contributed by atoms with E-state index in [1.54, 1.807) is 11.3 Å². The number of hydrogen-bond donors (Lipinski definition) is 2. The number of rotatable bonds is 4. The Labute approximate surface area is 119 Å². The van der Waals surface area contributed by atoms with Crippen LogP contribution in [0.5, 0.6) is 0 Å². The number of hydrogen-bond acceptors (Lipinski definition) is 5. The molecule has 19 heavy (non-hydrogen) atoms. The zero-order valence-electron chi connectivity index (χ0n) is 11.5. The van der Waals surface area contributed by atoms with Crippen molar-refractivity contribution in [2.45, 2.75) is 44.8 Å². The summed E-state index contributed by atoms with van der Waals surface area (Å²) in [7, 11) is 0. The number of aryl methyl sites for hydroxylation is 1. The molecule has 4 nitrogen and oxygen atoms in total. The number of thiazole rings is 1. The second-order valence-corrected chi connectivity index (χ2v) is 6.52. The monoisotopic (exact) mass is 281 g/mol. The number of aromatic nitrogens is 1. The molecule has 0 aromatic carbocycles. The van der Waals surface area contributed by atoms with Crippen LogP contribution in [-0.4, -0.2) is 36.8 Å². The molecule has 1 aromatic rings. The molecular formula is C14H23N3OS. The minimum atomic E-state index is 0.538. The van der Waals surface area contributed by atoms with Gasteiger partial charge in [0.1, 0.15) is 0 Å². The summed E-state index contributed by atoms with van der Waals surface area (Å²) in [4.78, 5) is 5.69. The predicted octanol–water partition coefficient (Wildman–Crippen LogP) is 1.70. The second-order valence-electron chi connectivity index (χ2n) is 5.58. The van der Waals surface area contributed by atoms with Gasteiger partial charge < -0.3 is 15.4 Å². The third kappa shape index (κ3) is 3.16. The lowest BCUT2D eigenvalue weighted by molar-refractivity contribution is 0.0524. The van der Waals surface area contributed by atoms with E-state index in [2.05, 4.69) is 22.5 Å². The van der Waals surface area contributed by atoms with Crippen molar-refractivity contribution in [3.05, 3.63) is 16.1 Å². The Hall–Kier alpha value is -0.490. The average molecular weight is 281 g/mol. The maximum atomic E-state index is 5.61.